The van der Waals surface area contributed by atoms with Crippen molar-refractivity contribution in [1.29, 1.82) is 0 Å². The van der Waals surface area contributed by atoms with E-state index in [1.165, 1.54) is 0 Å². The van der Waals surface area contributed by atoms with Gasteiger partial charge in [-0.3, -0.25) is 9.59 Å². The lowest BCUT2D eigenvalue weighted by Crippen LogP contribution is -2.23. The average Bonchev–Trinajstić information content (AvgIpc) is 2.63. The number of benzene rings is 2. The van der Waals surface area contributed by atoms with Gasteiger partial charge in [0.05, 0.1) is 6.61 Å². The van der Waals surface area contributed by atoms with Gasteiger partial charge in [-0.05, 0) is 48.4 Å². The second kappa shape index (κ2) is 9.84. The van der Waals surface area contributed by atoms with Crippen molar-refractivity contribution < 1.29 is 14.3 Å². The van der Waals surface area contributed by atoms with Crippen molar-refractivity contribution in [3.05, 3.63) is 64.7 Å². The van der Waals surface area contributed by atoms with Crippen LogP contribution in [0, 0.1) is 0 Å². The van der Waals surface area contributed by atoms with Crippen LogP contribution in [0.5, 0.6) is 5.75 Å². The van der Waals surface area contributed by atoms with Crippen molar-refractivity contribution >= 4 is 23.3 Å². The molecule has 1 amide bonds. The van der Waals surface area contributed by atoms with Crippen LogP contribution < -0.4 is 10.1 Å². The summed E-state index contributed by atoms with van der Waals surface area (Å²) in [5.41, 5.74) is 1.52. The number of halogens is 1. The summed E-state index contributed by atoms with van der Waals surface area (Å²) < 4.78 is 5.49. The average molecular weight is 360 g/mol. The summed E-state index contributed by atoms with van der Waals surface area (Å²) in [7, 11) is 0. The van der Waals surface area contributed by atoms with E-state index in [1.54, 1.807) is 36.4 Å². The Labute approximate surface area is 153 Å². The number of amides is 1. The van der Waals surface area contributed by atoms with E-state index in [9.17, 15) is 9.59 Å². The van der Waals surface area contributed by atoms with Gasteiger partial charge in [0.25, 0.3) is 0 Å². The molecule has 4 nitrogen and oxygen atoms in total. The van der Waals surface area contributed by atoms with Gasteiger partial charge < -0.3 is 10.1 Å². The lowest BCUT2D eigenvalue weighted by molar-refractivity contribution is -0.121. The fourth-order valence-electron chi connectivity index (χ4n) is 2.26. The van der Waals surface area contributed by atoms with Gasteiger partial charge in [0.15, 0.2) is 5.78 Å². The Hall–Kier alpha value is -2.33. The molecular weight excluding hydrogens is 338 g/mol. The molecule has 0 fully saturated rings. The van der Waals surface area contributed by atoms with Crippen LogP contribution in [-0.2, 0) is 11.3 Å². The van der Waals surface area contributed by atoms with Crippen molar-refractivity contribution in [3.8, 4) is 5.75 Å². The molecule has 0 spiro atoms. The Balaban J connectivity index is 1.76. The molecule has 0 aliphatic carbocycles. The lowest BCUT2D eigenvalue weighted by atomic mass is 10.1. The standard InChI is InChI=1S/C20H22ClNO3/c1-2-12-25-18-8-6-16(7-9-18)19(23)10-11-20(24)22-14-15-4-3-5-17(21)13-15/h3-9,13H,2,10-12,14H2,1H3,(H,22,24). The quantitative estimate of drug-likeness (QED) is 0.675. The summed E-state index contributed by atoms with van der Waals surface area (Å²) in [4.78, 5) is 24.0. The van der Waals surface area contributed by atoms with Gasteiger partial charge in [-0.2, -0.15) is 0 Å². The minimum Gasteiger partial charge on any atom is -0.494 e. The van der Waals surface area contributed by atoms with Gasteiger partial charge in [-0.25, -0.2) is 0 Å². The van der Waals surface area contributed by atoms with Crippen LogP contribution in [0.3, 0.4) is 0 Å². The Morgan fingerprint density at radius 1 is 1.08 bits per heavy atom. The number of rotatable bonds is 9. The SMILES string of the molecule is CCCOc1ccc(C(=O)CCC(=O)NCc2cccc(Cl)c2)cc1. The van der Waals surface area contributed by atoms with Gasteiger partial charge in [0, 0.05) is 30.0 Å². The number of Topliss-reactive ketones (excluding diaryl/α,β-unsaturated/α-hetero) is 1. The monoisotopic (exact) mass is 359 g/mol. The van der Waals surface area contributed by atoms with Gasteiger partial charge in [0.2, 0.25) is 5.91 Å². The zero-order valence-electron chi connectivity index (χ0n) is 14.3. The molecule has 0 heterocycles. The molecule has 5 heteroatoms. The molecule has 2 rings (SSSR count). The molecule has 0 bridgehead atoms. The first-order valence-electron chi connectivity index (χ1n) is 8.35. The Morgan fingerprint density at radius 3 is 2.52 bits per heavy atom. The van der Waals surface area contributed by atoms with Gasteiger partial charge in [-0.1, -0.05) is 30.7 Å². The fourth-order valence-corrected chi connectivity index (χ4v) is 2.48. The fraction of sp³-hybridized carbons (Fsp3) is 0.300. The molecule has 2 aromatic carbocycles. The number of ether oxygens (including phenoxy) is 1. The van der Waals surface area contributed by atoms with E-state index < -0.39 is 0 Å². The van der Waals surface area contributed by atoms with E-state index in [0.29, 0.717) is 23.7 Å². The first-order chi connectivity index (χ1) is 12.1. The van der Waals surface area contributed by atoms with Gasteiger partial charge in [-0.15, -0.1) is 0 Å². The van der Waals surface area contributed by atoms with E-state index in [1.807, 2.05) is 19.1 Å². The summed E-state index contributed by atoms with van der Waals surface area (Å²) in [6.45, 7) is 3.09. The van der Waals surface area contributed by atoms with Crippen LogP contribution in [-0.4, -0.2) is 18.3 Å². The van der Waals surface area contributed by atoms with Crippen LogP contribution in [0.25, 0.3) is 0 Å². The predicted octanol–water partition coefficient (Wildman–Crippen LogP) is 4.41. The maximum absolute atomic E-state index is 12.2. The number of ketones is 1. The molecule has 0 saturated heterocycles. The van der Waals surface area contributed by atoms with Crippen molar-refractivity contribution in [3.63, 3.8) is 0 Å². The first kappa shape index (κ1) is 19.0. The number of hydrogen-bond acceptors (Lipinski definition) is 3. The number of nitrogens with one attached hydrogen (secondary N) is 1. The van der Waals surface area contributed by atoms with E-state index in [2.05, 4.69) is 5.32 Å². The molecule has 132 valence electrons. The molecule has 1 N–H and O–H groups in total. The highest BCUT2D eigenvalue weighted by Crippen LogP contribution is 2.14. The van der Waals surface area contributed by atoms with Crippen molar-refractivity contribution in [2.75, 3.05) is 6.61 Å². The van der Waals surface area contributed by atoms with E-state index in [-0.39, 0.29) is 24.5 Å². The van der Waals surface area contributed by atoms with Crippen molar-refractivity contribution in [1.82, 2.24) is 5.32 Å². The Bertz CT molecular complexity index is 713. The number of carbonyl (C=O) groups is 2. The summed E-state index contributed by atoms with van der Waals surface area (Å²) in [5.74, 6) is 0.536. The minimum absolute atomic E-state index is 0.0556. The van der Waals surface area contributed by atoms with E-state index in [0.717, 1.165) is 17.7 Å². The van der Waals surface area contributed by atoms with Crippen LogP contribution in [0.1, 0.15) is 42.1 Å². The van der Waals surface area contributed by atoms with Crippen LogP contribution in [0.15, 0.2) is 48.5 Å². The summed E-state index contributed by atoms with van der Waals surface area (Å²) in [5, 5.41) is 3.43. The van der Waals surface area contributed by atoms with Crippen molar-refractivity contribution in [2.24, 2.45) is 0 Å². The Morgan fingerprint density at radius 2 is 1.84 bits per heavy atom. The first-order valence-corrected chi connectivity index (χ1v) is 8.73. The molecular formula is C20H22ClNO3. The smallest absolute Gasteiger partial charge is 0.220 e. The van der Waals surface area contributed by atoms with E-state index in [4.69, 9.17) is 16.3 Å². The van der Waals surface area contributed by atoms with Gasteiger partial charge >= 0.3 is 0 Å². The topological polar surface area (TPSA) is 55.4 Å². The number of carbonyl (C=O) groups excluding carboxylic acids is 2. The zero-order chi connectivity index (χ0) is 18.1. The van der Waals surface area contributed by atoms with Crippen LogP contribution in [0.4, 0.5) is 0 Å². The summed E-state index contributed by atoms with van der Waals surface area (Å²) >= 11 is 5.90. The summed E-state index contributed by atoms with van der Waals surface area (Å²) in [6, 6.07) is 14.3. The molecule has 0 atom stereocenters. The van der Waals surface area contributed by atoms with Crippen LogP contribution in [0.2, 0.25) is 5.02 Å². The molecule has 0 saturated carbocycles. The second-order valence-corrected chi connectivity index (χ2v) is 6.14. The van der Waals surface area contributed by atoms with Gasteiger partial charge in [0.1, 0.15) is 5.75 Å². The molecule has 2 aromatic rings. The normalized spacial score (nSPS) is 10.3. The third-order valence-corrected chi connectivity index (χ3v) is 3.84. The van der Waals surface area contributed by atoms with E-state index >= 15 is 0 Å². The maximum atomic E-state index is 12.2. The molecule has 0 aliphatic heterocycles. The highest BCUT2D eigenvalue weighted by Gasteiger charge is 2.09. The highest BCUT2D eigenvalue weighted by molar-refractivity contribution is 6.30. The molecule has 25 heavy (non-hydrogen) atoms. The highest BCUT2D eigenvalue weighted by atomic mass is 35.5. The Kier molecular flexibility index (Phi) is 7.48. The van der Waals surface area contributed by atoms with Crippen molar-refractivity contribution in [2.45, 2.75) is 32.7 Å². The molecule has 0 aromatic heterocycles. The summed E-state index contributed by atoms with van der Waals surface area (Å²) in [6.07, 6.45) is 1.27. The second-order valence-electron chi connectivity index (χ2n) is 5.70. The minimum atomic E-state index is -0.156. The zero-order valence-corrected chi connectivity index (χ0v) is 15.0. The lowest BCUT2D eigenvalue weighted by Gasteiger charge is -2.07. The molecule has 0 aliphatic rings. The predicted molar refractivity (Wildman–Crippen MR) is 99.1 cm³/mol. The van der Waals surface area contributed by atoms with Crippen LogP contribution >= 0.6 is 11.6 Å². The maximum Gasteiger partial charge on any atom is 0.220 e. The number of hydrogen-bond donors (Lipinski definition) is 1. The molecule has 0 radical (unpaired) electrons. The third-order valence-electron chi connectivity index (χ3n) is 3.61. The largest absolute Gasteiger partial charge is 0.494 e. The molecule has 0 unspecified atom stereocenters. The third kappa shape index (κ3) is 6.59.